The zero-order valence-electron chi connectivity index (χ0n) is 33.4. The maximum Gasteiger partial charge on any atom is 0.220 e. The van der Waals surface area contributed by atoms with Gasteiger partial charge < -0.3 is 36.7 Å². The summed E-state index contributed by atoms with van der Waals surface area (Å²) in [7, 11) is 0. The largest absolute Gasteiger partial charge is 0.378 e. The highest BCUT2D eigenvalue weighted by atomic mass is 16.5. The number of nitrogens with two attached hydrogens (primary N) is 3. The molecule has 3 aliphatic carbocycles. The maximum atomic E-state index is 12.9. The highest BCUT2D eigenvalue weighted by Gasteiger charge is 2.64. The number of carbonyl (C=O) groups is 1. The lowest BCUT2D eigenvalue weighted by molar-refractivity contribution is -0.204. The van der Waals surface area contributed by atoms with Crippen LogP contribution in [-0.2, 0) is 19.0 Å². The first-order valence-corrected chi connectivity index (χ1v) is 21.4. The van der Waals surface area contributed by atoms with Gasteiger partial charge in [0.25, 0.3) is 0 Å². The van der Waals surface area contributed by atoms with E-state index < -0.39 is 0 Å². The molecule has 0 radical (unpaired) electrons. The Labute approximate surface area is 308 Å². The summed E-state index contributed by atoms with van der Waals surface area (Å²) in [5.41, 5.74) is 18.0. The summed E-state index contributed by atoms with van der Waals surface area (Å²) in [5, 5.41) is 3.23. The first kappa shape index (κ1) is 43.6. The number of rotatable bonds is 27. The minimum absolute atomic E-state index is 0.0508. The van der Waals surface area contributed by atoms with E-state index in [9.17, 15) is 4.79 Å². The third-order valence-corrected chi connectivity index (χ3v) is 13.7. The van der Waals surface area contributed by atoms with E-state index in [4.69, 9.17) is 31.4 Å². The Bertz CT molecular complexity index is 924. The molecule has 0 spiro atoms. The van der Waals surface area contributed by atoms with Crippen molar-refractivity contribution in [3.63, 3.8) is 0 Å². The molecule has 3 saturated carbocycles. The number of nitrogens with one attached hydrogen (secondary N) is 1. The van der Waals surface area contributed by atoms with E-state index in [1.54, 1.807) is 0 Å². The molecule has 1 unspecified atom stereocenters. The summed E-state index contributed by atoms with van der Waals surface area (Å²) < 4.78 is 20.1. The standard InChI is InChI=1S/C42H82N4O4/c1-6-8-9-10-11-12-27-46-39(47)19-16-32(3)34-17-18-35-40-36(31-38(42(34,35)5)50-30-15-26-45)41(4,23-21-37(40)49-29-14-25-44)22-20-33(7-2)48-28-13-24-43/h32-38,40H,6-31,43-45H2,1-5H3,(H,46,47)/t32-,33+,34-,35+,36+,37-,38+,40?,41+,42-/m1/s1. The summed E-state index contributed by atoms with van der Waals surface area (Å²) in [6.45, 7) is 17.1. The van der Waals surface area contributed by atoms with Crippen molar-refractivity contribution >= 4 is 5.91 Å². The Balaban J connectivity index is 1.77. The Morgan fingerprint density at radius 2 is 1.50 bits per heavy atom. The van der Waals surface area contributed by atoms with Gasteiger partial charge in [0.1, 0.15) is 0 Å². The monoisotopic (exact) mass is 707 g/mol. The SMILES string of the molecule is CCCCCCCCNC(=O)CC[C@@H](C)[C@H]1CC[C@H]2C3[C@H](OCCCN)CC[C@](C)(CC[C@H](CC)OCCCN)[C@H]3C[C@H](OCCCN)[C@]12C. The van der Waals surface area contributed by atoms with Crippen molar-refractivity contribution in [3.8, 4) is 0 Å². The zero-order valence-corrected chi connectivity index (χ0v) is 33.4. The van der Waals surface area contributed by atoms with Gasteiger partial charge in [-0.05, 0) is 138 Å². The third kappa shape index (κ3) is 12.1. The predicted molar refractivity (Wildman–Crippen MR) is 208 cm³/mol. The van der Waals surface area contributed by atoms with Crippen molar-refractivity contribution in [3.05, 3.63) is 0 Å². The minimum Gasteiger partial charge on any atom is -0.378 e. The van der Waals surface area contributed by atoms with Gasteiger partial charge in [-0.15, -0.1) is 0 Å². The van der Waals surface area contributed by atoms with Gasteiger partial charge >= 0.3 is 0 Å². The van der Waals surface area contributed by atoms with Crippen LogP contribution in [0.4, 0.5) is 0 Å². The number of hydrogen-bond donors (Lipinski definition) is 4. The molecule has 0 aromatic rings. The molecule has 0 aromatic carbocycles. The van der Waals surface area contributed by atoms with Gasteiger partial charge in [-0.25, -0.2) is 0 Å². The fourth-order valence-corrected chi connectivity index (χ4v) is 10.7. The van der Waals surface area contributed by atoms with Crippen molar-refractivity contribution in [2.24, 2.45) is 57.6 Å². The fraction of sp³-hybridized carbons (Fsp3) is 0.976. The molecule has 3 aliphatic rings. The van der Waals surface area contributed by atoms with Crippen LogP contribution >= 0.6 is 0 Å². The van der Waals surface area contributed by atoms with Crippen molar-refractivity contribution < 1.29 is 19.0 Å². The molecule has 10 atom stereocenters. The molecule has 0 aromatic heterocycles. The second-order valence-electron chi connectivity index (χ2n) is 17.0. The summed E-state index contributed by atoms with van der Waals surface area (Å²) in [6, 6.07) is 0. The number of carbonyl (C=O) groups excluding carboxylic acids is 1. The number of hydrogen-bond acceptors (Lipinski definition) is 7. The molecule has 7 N–H and O–H groups in total. The van der Waals surface area contributed by atoms with Crippen LogP contribution in [0.25, 0.3) is 0 Å². The van der Waals surface area contributed by atoms with Gasteiger partial charge in [0.05, 0.1) is 18.3 Å². The molecule has 0 aliphatic heterocycles. The van der Waals surface area contributed by atoms with Crippen LogP contribution in [0.3, 0.4) is 0 Å². The van der Waals surface area contributed by atoms with Crippen molar-refractivity contribution in [2.75, 3.05) is 46.0 Å². The highest BCUT2D eigenvalue weighted by Crippen LogP contribution is 2.67. The molecule has 8 nitrogen and oxygen atoms in total. The van der Waals surface area contributed by atoms with E-state index in [1.165, 1.54) is 57.8 Å². The second kappa shape index (κ2) is 23.1. The van der Waals surface area contributed by atoms with Gasteiger partial charge in [-0.2, -0.15) is 0 Å². The van der Waals surface area contributed by atoms with Crippen molar-refractivity contribution in [1.29, 1.82) is 0 Å². The number of unbranched alkanes of at least 4 members (excludes halogenated alkanes) is 5. The van der Waals surface area contributed by atoms with Gasteiger partial charge in [-0.3, -0.25) is 4.79 Å². The van der Waals surface area contributed by atoms with Gasteiger partial charge in [-0.1, -0.05) is 66.7 Å². The number of amides is 1. The first-order chi connectivity index (χ1) is 24.2. The Morgan fingerprint density at radius 1 is 0.820 bits per heavy atom. The van der Waals surface area contributed by atoms with Crippen molar-refractivity contribution in [2.45, 2.75) is 175 Å². The second-order valence-corrected chi connectivity index (χ2v) is 17.0. The molecule has 0 heterocycles. The highest BCUT2D eigenvalue weighted by molar-refractivity contribution is 5.75. The molecule has 3 fully saturated rings. The molecule has 294 valence electrons. The quantitative estimate of drug-likeness (QED) is 0.0642. The van der Waals surface area contributed by atoms with Crippen LogP contribution in [0.15, 0.2) is 0 Å². The van der Waals surface area contributed by atoms with E-state index >= 15 is 0 Å². The molecule has 1 amide bonds. The molecule has 3 rings (SSSR count). The van der Waals surface area contributed by atoms with E-state index in [2.05, 4.69) is 39.9 Å². The lowest BCUT2D eigenvalue weighted by Crippen LogP contribution is -2.60. The molecule has 0 bridgehead atoms. The smallest absolute Gasteiger partial charge is 0.220 e. The van der Waals surface area contributed by atoms with Crippen LogP contribution in [0.2, 0.25) is 0 Å². The average Bonchev–Trinajstić information content (AvgIpc) is 3.47. The number of ether oxygens (including phenoxy) is 3. The molecular formula is C42H82N4O4. The summed E-state index contributed by atoms with van der Waals surface area (Å²) in [6.07, 6.45) is 21.7. The van der Waals surface area contributed by atoms with E-state index in [0.717, 1.165) is 84.2 Å². The summed E-state index contributed by atoms with van der Waals surface area (Å²) in [5.74, 6) is 2.82. The fourth-order valence-electron chi connectivity index (χ4n) is 10.7. The van der Waals surface area contributed by atoms with Crippen molar-refractivity contribution in [1.82, 2.24) is 5.32 Å². The summed E-state index contributed by atoms with van der Waals surface area (Å²) in [4.78, 5) is 12.9. The van der Waals surface area contributed by atoms with Crippen LogP contribution in [-0.4, -0.2) is 70.2 Å². The van der Waals surface area contributed by atoms with Gasteiger partial charge in [0, 0.05) is 38.2 Å². The van der Waals surface area contributed by atoms with Crippen LogP contribution in [0, 0.1) is 40.4 Å². The van der Waals surface area contributed by atoms with E-state index in [0.29, 0.717) is 61.7 Å². The van der Waals surface area contributed by atoms with Crippen LogP contribution in [0.1, 0.15) is 157 Å². The van der Waals surface area contributed by atoms with E-state index in [1.807, 2.05) is 0 Å². The molecule has 8 heteroatoms. The summed E-state index contributed by atoms with van der Waals surface area (Å²) >= 11 is 0. The molecule has 0 saturated heterocycles. The Hall–Kier alpha value is -0.770. The Morgan fingerprint density at radius 3 is 2.20 bits per heavy atom. The topological polar surface area (TPSA) is 135 Å². The normalized spacial score (nSPS) is 32.0. The van der Waals surface area contributed by atoms with Gasteiger partial charge in [0.15, 0.2) is 0 Å². The zero-order chi connectivity index (χ0) is 36.4. The molecular weight excluding hydrogens is 624 g/mol. The average molecular weight is 707 g/mol. The maximum absolute atomic E-state index is 12.9. The number of fused-ring (bicyclic) bond motifs is 3. The van der Waals surface area contributed by atoms with Crippen LogP contribution in [0.5, 0.6) is 0 Å². The predicted octanol–water partition coefficient (Wildman–Crippen LogP) is 7.74. The third-order valence-electron chi connectivity index (χ3n) is 13.7. The lowest BCUT2D eigenvalue weighted by atomic mass is 9.46. The minimum atomic E-state index is 0.0508. The first-order valence-electron chi connectivity index (χ1n) is 21.4. The van der Waals surface area contributed by atoms with Crippen LogP contribution < -0.4 is 22.5 Å². The molecule has 50 heavy (non-hydrogen) atoms. The Kier molecular flexibility index (Phi) is 20.2. The van der Waals surface area contributed by atoms with E-state index in [-0.39, 0.29) is 28.9 Å². The van der Waals surface area contributed by atoms with Gasteiger partial charge in [0.2, 0.25) is 5.91 Å². The lowest BCUT2D eigenvalue weighted by Gasteiger charge is -2.61.